The molecule has 0 aromatic heterocycles. The number of halogens is 1. The van der Waals surface area contributed by atoms with E-state index < -0.39 is 11.9 Å². The van der Waals surface area contributed by atoms with E-state index in [1.165, 1.54) is 6.07 Å². The molecule has 2 N–H and O–H groups in total. The van der Waals surface area contributed by atoms with E-state index in [9.17, 15) is 14.0 Å². The fourth-order valence-corrected chi connectivity index (χ4v) is 1.55. The SMILES string of the molecule is CC(CC(=O)O)C(=O)NCCc1ccccc1F. The highest BCUT2D eigenvalue weighted by atomic mass is 19.1. The maximum atomic E-state index is 13.3. The summed E-state index contributed by atoms with van der Waals surface area (Å²) >= 11 is 0. The van der Waals surface area contributed by atoms with Gasteiger partial charge in [0.05, 0.1) is 6.42 Å². The first-order chi connectivity index (χ1) is 8.50. The van der Waals surface area contributed by atoms with Crippen molar-refractivity contribution in [2.45, 2.75) is 19.8 Å². The van der Waals surface area contributed by atoms with E-state index in [-0.39, 0.29) is 18.1 Å². The minimum atomic E-state index is -1.01. The quantitative estimate of drug-likeness (QED) is 0.809. The van der Waals surface area contributed by atoms with Crippen LogP contribution in [-0.2, 0) is 16.0 Å². The maximum absolute atomic E-state index is 13.3. The topological polar surface area (TPSA) is 66.4 Å². The van der Waals surface area contributed by atoms with Gasteiger partial charge in [-0.25, -0.2) is 4.39 Å². The van der Waals surface area contributed by atoms with Crippen LogP contribution in [0, 0.1) is 11.7 Å². The number of carbonyl (C=O) groups is 2. The minimum Gasteiger partial charge on any atom is -0.481 e. The van der Waals surface area contributed by atoms with Crippen molar-refractivity contribution in [2.24, 2.45) is 5.92 Å². The number of hydrogen-bond acceptors (Lipinski definition) is 2. The van der Waals surface area contributed by atoms with Crippen molar-refractivity contribution in [3.8, 4) is 0 Å². The predicted molar refractivity (Wildman–Crippen MR) is 64.5 cm³/mol. The third kappa shape index (κ3) is 4.53. The molecule has 1 amide bonds. The molecular weight excluding hydrogens is 237 g/mol. The Balaban J connectivity index is 2.36. The summed E-state index contributed by atoms with van der Waals surface area (Å²) in [6.07, 6.45) is 0.184. The molecule has 0 saturated carbocycles. The maximum Gasteiger partial charge on any atom is 0.304 e. The summed E-state index contributed by atoms with van der Waals surface area (Å²) in [5.74, 6) is -2.21. The van der Waals surface area contributed by atoms with Crippen molar-refractivity contribution in [3.63, 3.8) is 0 Å². The number of hydrogen-bond donors (Lipinski definition) is 2. The molecule has 0 aliphatic rings. The van der Waals surface area contributed by atoms with Crippen LogP contribution in [0.3, 0.4) is 0 Å². The Morgan fingerprint density at radius 2 is 2.06 bits per heavy atom. The van der Waals surface area contributed by atoms with Gasteiger partial charge in [-0.15, -0.1) is 0 Å². The van der Waals surface area contributed by atoms with Crippen molar-refractivity contribution >= 4 is 11.9 Å². The molecule has 0 aliphatic carbocycles. The fraction of sp³-hybridized carbons (Fsp3) is 0.385. The average Bonchev–Trinajstić information content (AvgIpc) is 2.30. The van der Waals surface area contributed by atoms with Crippen LogP contribution in [-0.4, -0.2) is 23.5 Å². The van der Waals surface area contributed by atoms with Crippen LogP contribution >= 0.6 is 0 Å². The molecule has 1 atom stereocenters. The Morgan fingerprint density at radius 1 is 1.39 bits per heavy atom. The van der Waals surface area contributed by atoms with Crippen LogP contribution in [0.4, 0.5) is 4.39 Å². The number of aliphatic carboxylic acids is 1. The lowest BCUT2D eigenvalue weighted by Gasteiger charge is -2.10. The van der Waals surface area contributed by atoms with Crippen molar-refractivity contribution < 1.29 is 19.1 Å². The van der Waals surface area contributed by atoms with Gasteiger partial charge >= 0.3 is 5.97 Å². The molecule has 0 fully saturated rings. The Morgan fingerprint density at radius 3 is 2.67 bits per heavy atom. The van der Waals surface area contributed by atoms with Crippen LogP contribution < -0.4 is 5.32 Å². The number of rotatable bonds is 6. The van der Waals surface area contributed by atoms with E-state index in [1.807, 2.05) is 0 Å². The Bertz CT molecular complexity index is 434. The molecule has 18 heavy (non-hydrogen) atoms. The molecule has 1 rings (SSSR count). The van der Waals surface area contributed by atoms with Gasteiger partial charge in [-0.3, -0.25) is 9.59 Å². The fourth-order valence-electron chi connectivity index (χ4n) is 1.55. The van der Waals surface area contributed by atoms with Gasteiger partial charge in [0.15, 0.2) is 0 Å². The molecule has 1 unspecified atom stereocenters. The van der Waals surface area contributed by atoms with Crippen molar-refractivity contribution in [2.75, 3.05) is 6.54 Å². The molecule has 0 heterocycles. The third-order valence-electron chi connectivity index (χ3n) is 2.58. The highest BCUT2D eigenvalue weighted by Crippen LogP contribution is 2.06. The van der Waals surface area contributed by atoms with Gasteiger partial charge in [0.25, 0.3) is 0 Å². The van der Waals surface area contributed by atoms with Crippen molar-refractivity contribution in [1.29, 1.82) is 0 Å². The summed E-state index contributed by atoms with van der Waals surface area (Å²) in [5, 5.41) is 11.1. The summed E-state index contributed by atoms with van der Waals surface area (Å²) in [7, 11) is 0. The van der Waals surface area contributed by atoms with Gasteiger partial charge in [-0.2, -0.15) is 0 Å². The molecule has 1 aromatic carbocycles. The van der Waals surface area contributed by atoms with Gasteiger partial charge in [0, 0.05) is 12.5 Å². The van der Waals surface area contributed by atoms with E-state index in [0.29, 0.717) is 18.5 Å². The molecule has 0 spiro atoms. The Labute approximate surface area is 105 Å². The number of benzene rings is 1. The van der Waals surface area contributed by atoms with Gasteiger partial charge in [-0.05, 0) is 18.1 Å². The zero-order valence-corrected chi connectivity index (χ0v) is 10.1. The summed E-state index contributed by atoms with van der Waals surface area (Å²) < 4.78 is 13.3. The zero-order valence-electron chi connectivity index (χ0n) is 10.1. The lowest BCUT2D eigenvalue weighted by atomic mass is 10.1. The first-order valence-corrected chi connectivity index (χ1v) is 5.73. The second-order valence-corrected chi connectivity index (χ2v) is 4.13. The van der Waals surface area contributed by atoms with Crippen molar-refractivity contribution in [3.05, 3.63) is 35.6 Å². The third-order valence-corrected chi connectivity index (χ3v) is 2.58. The monoisotopic (exact) mass is 253 g/mol. The Hall–Kier alpha value is -1.91. The van der Waals surface area contributed by atoms with Crippen LogP contribution in [0.5, 0.6) is 0 Å². The summed E-state index contributed by atoms with van der Waals surface area (Å²) in [6.45, 7) is 1.84. The first-order valence-electron chi connectivity index (χ1n) is 5.73. The second-order valence-electron chi connectivity index (χ2n) is 4.13. The number of nitrogens with one attached hydrogen (secondary N) is 1. The molecule has 98 valence electrons. The van der Waals surface area contributed by atoms with Crippen LogP contribution in [0.2, 0.25) is 0 Å². The number of carbonyl (C=O) groups excluding carboxylic acids is 1. The summed E-state index contributed by atoms with van der Waals surface area (Å²) in [4.78, 5) is 21.9. The highest BCUT2D eigenvalue weighted by molar-refractivity contribution is 5.82. The standard InChI is InChI=1S/C13H16FNO3/c1-9(8-12(16)17)13(18)15-7-6-10-4-2-3-5-11(10)14/h2-5,9H,6-8H2,1H3,(H,15,18)(H,16,17). The summed E-state index contributed by atoms with van der Waals surface area (Å²) in [6, 6.07) is 6.35. The van der Waals surface area contributed by atoms with Gasteiger partial charge in [-0.1, -0.05) is 25.1 Å². The average molecular weight is 253 g/mol. The molecule has 4 nitrogen and oxygen atoms in total. The van der Waals surface area contributed by atoms with E-state index in [1.54, 1.807) is 25.1 Å². The molecule has 0 bridgehead atoms. The lowest BCUT2D eigenvalue weighted by molar-refractivity contribution is -0.140. The van der Waals surface area contributed by atoms with Gasteiger partial charge in [0.2, 0.25) is 5.91 Å². The summed E-state index contributed by atoms with van der Waals surface area (Å²) in [5.41, 5.74) is 0.531. The van der Waals surface area contributed by atoms with E-state index >= 15 is 0 Å². The Kier molecular flexibility index (Phi) is 5.30. The van der Waals surface area contributed by atoms with E-state index in [2.05, 4.69) is 5.32 Å². The molecule has 0 aliphatic heterocycles. The molecule has 5 heteroatoms. The lowest BCUT2D eigenvalue weighted by Crippen LogP contribution is -2.32. The molecule has 1 aromatic rings. The first kappa shape index (κ1) is 14.2. The van der Waals surface area contributed by atoms with Gasteiger partial charge < -0.3 is 10.4 Å². The number of carboxylic acids is 1. The second kappa shape index (κ2) is 6.74. The van der Waals surface area contributed by atoms with Crippen LogP contribution in [0.15, 0.2) is 24.3 Å². The van der Waals surface area contributed by atoms with E-state index in [4.69, 9.17) is 5.11 Å². The van der Waals surface area contributed by atoms with E-state index in [0.717, 1.165) is 0 Å². The highest BCUT2D eigenvalue weighted by Gasteiger charge is 2.15. The van der Waals surface area contributed by atoms with Gasteiger partial charge in [0.1, 0.15) is 5.82 Å². The van der Waals surface area contributed by atoms with Crippen molar-refractivity contribution in [1.82, 2.24) is 5.32 Å². The molecular formula is C13H16FNO3. The normalized spacial score (nSPS) is 11.9. The smallest absolute Gasteiger partial charge is 0.304 e. The number of carboxylic acid groups (broad SMARTS) is 1. The minimum absolute atomic E-state index is 0.203. The predicted octanol–water partition coefficient (Wildman–Crippen LogP) is 1.60. The largest absolute Gasteiger partial charge is 0.481 e. The zero-order chi connectivity index (χ0) is 13.5. The number of amides is 1. The van der Waals surface area contributed by atoms with Crippen LogP contribution in [0.1, 0.15) is 18.9 Å². The van der Waals surface area contributed by atoms with Crippen LogP contribution in [0.25, 0.3) is 0 Å². The molecule has 0 saturated heterocycles. The molecule has 0 radical (unpaired) electrons.